The summed E-state index contributed by atoms with van der Waals surface area (Å²) in [6, 6.07) is 11.1. The first-order valence-electron chi connectivity index (χ1n) is 10.2. The van der Waals surface area contributed by atoms with Gasteiger partial charge in [0.15, 0.2) is 0 Å². The molecule has 3 fully saturated rings. The zero-order valence-electron chi connectivity index (χ0n) is 16.3. The lowest BCUT2D eigenvalue weighted by Crippen LogP contribution is -2.53. The summed E-state index contributed by atoms with van der Waals surface area (Å²) in [4.78, 5) is 15.3. The summed E-state index contributed by atoms with van der Waals surface area (Å²) in [6.07, 6.45) is 7.95. The molecule has 0 radical (unpaired) electrons. The third-order valence-electron chi connectivity index (χ3n) is 5.77. The van der Waals surface area contributed by atoms with Crippen molar-refractivity contribution in [2.75, 3.05) is 0 Å². The van der Waals surface area contributed by atoms with E-state index in [1.54, 1.807) is 11.1 Å². The molecule has 1 amide bonds. The van der Waals surface area contributed by atoms with Crippen LogP contribution in [0.25, 0.3) is 0 Å². The Morgan fingerprint density at radius 1 is 1.08 bits per heavy atom. The molecule has 26 heavy (non-hydrogen) atoms. The number of amides is 1. The zero-order valence-corrected chi connectivity index (χ0v) is 16.3. The highest BCUT2D eigenvalue weighted by atomic mass is 16.6. The first-order valence-corrected chi connectivity index (χ1v) is 10.2. The van der Waals surface area contributed by atoms with E-state index in [1.807, 2.05) is 20.8 Å². The third-order valence-corrected chi connectivity index (χ3v) is 5.77. The smallest absolute Gasteiger partial charge is 0.410 e. The van der Waals surface area contributed by atoms with Gasteiger partial charge in [0.2, 0.25) is 0 Å². The van der Waals surface area contributed by atoms with E-state index in [0.29, 0.717) is 12.0 Å². The van der Waals surface area contributed by atoms with Crippen LogP contribution in [-0.4, -0.2) is 28.7 Å². The van der Waals surface area contributed by atoms with Gasteiger partial charge in [-0.25, -0.2) is 4.79 Å². The molecule has 1 saturated heterocycles. The standard InChI is InChI=1S/C23H31NO2/c1-23(2,3)26-22(25)24-20(13-16-7-5-4-6-8-16)14-19(17-9-10-17)15-21(24)18-11-12-18/h4-8,18,20-21H,9-15H2,1-3H3. The number of hydrogen-bond acceptors (Lipinski definition) is 2. The molecular weight excluding hydrogens is 322 g/mol. The Morgan fingerprint density at radius 2 is 1.77 bits per heavy atom. The summed E-state index contributed by atoms with van der Waals surface area (Å²) in [6.45, 7) is 5.89. The van der Waals surface area contributed by atoms with Gasteiger partial charge in [0, 0.05) is 12.1 Å². The topological polar surface area (TPSA) is 29.5 Å². The molecule has 4 rings (SSSR count). The minimum atomic E-state index is -0.447. The van der Waals surface area contributed by atoms with Crippen molar-refractivity contribution in [3.63, 3.8) is 0 Å². The molecule has 2 saturated carbocycles. The summed E-state index contributed by atoms with van der Waals surface area (Å²) < 4.78 is 5.84. The van der Waals surface area contributed by atoms with Crippen molar-refractivity contribution in [1.29, 1.82) is 0 Å². The number of likely N-dealkylation sites (tertiary alicyclic amines) is 1. The van der Waals surface area contributed by atoms with E-state index in [2.05, 4.69) is 35.2 Å². The number of piperidine rings is 1. The van der Waals surface area contributed by atoms with Gasteiger partial charge >= 0.3 is 6.09 Å². The van der Waals surface area contributed by atoms with Crippen LogP contribution in [0.3, 0.4) is 0 Å². The van der Waals surface area contributed by atoms with Crippen LogP contribution >= 0.6 is 0 Å². The molecular formula is C23H31NO2. The van der Waals surface area contributed by atoms with E-state index in [1.165, 1.54) is 31.2 Å². The van der Waals surface area contributed by atoms with Crippen LogP contribution in [0.5, 0.6) is 0 Å². The van der Waals surface area contributed by atoms with E-state index in [4.69, 9.17) is 4.74 Å². The Kier molecular flexibility index (Phi) is 4.58. The zero-order chi connectivity index (χ0) is 18.3. The number of allylic oxidation sites excluding steroid dienone is 1. The number of hydrogen-bond donors (Lipinski definition) is 0. The van der Waals surface area contributed by atoms with Crippen molar-refractivity contribution in [3.8, 4) is 0 Å². The van der Waals surface area contributed by atoms with Crippen molar-refractivity contribution in [2.24, 2.45) is 5.92 Å². The third kappa shape index (κ3) is 4.13. The number of carbonyl (C=O) groups excluding carboxylic acids is 1. The minimum Gasteiger partial charge on any atom is -0.444 e. The van der Waals surface area contributed by atoms with Gasteiger partial charge in [-0.3, -0.25) is 0 Å². The van der Waals surface area contributed by atoms with Crippen LogP contribution in [0.4, 0.5) is 4.79 Å². The normalized spacial score (nSPS) is 26.0. The average Bonchev–Trinajstić information content (AvgIpc) is 3.47. The van der Waals surface area contributed by atoms with Gasteiger partial charge in [-0.2, -0.15) is 0 Å². The van der Waals surface area contributed by atoms with Gasteiger partial charge < -0.3 is 9.64 Å². The van der Waals surface area contributed by atoms with Crippen LogP contribution < -0.4 is 0 Å². The molecule has 3 aliphatic rings. The van der Waals surface area contributed by atoms with Crippen molar-refractivity contribution < 1.29 is 9.53 Å². The van der Waals surface area contributed by atoms with Gasteiger partial charge in [-0.1, -0.05) is 41.5 Å². The van der Waals surface area contributed by atoms with Crippen LogP contribution in [0.15, 0.2) is 41.5 Å². The Bertz CT molecular complexity index is 691. The molecule has 0 spiro atoms. The summed E-state index contributed by atoms with van der Waals surface area (Å²) >= 11 is 0. The predicted octanol–water partition coefficient (Wildman–Crippen LogP) is 5.50. The Morgan fingerprint density at radius 3 is 2.35 bits per heavy atom. The van der Waals surface area contributed by atoms with Gasteiger partial charge in [-0.05, 0) is 77.2 Å². The average molecular weight is 354 g/mol. The molecule has 1 aromatic rings. The van der Waals surface area contributed by atoms with Crippen molar-refractivity contribution in [2.45, 2.75) is 83.4 Å². The fourth-order valence-electron chi connectivity index (χ4n) is 4.32. The number of carbonyl (C=O) groups is 1. The van der Waals surface area contributed by atoms with E-state index in [9.17, 15) is 4.79 Å². The van der Waals surface area contributed by atoms with E-state index in [0.717, 1.165) is 19.3 Å². The lowest BCUT2D eigenvalue weighted by Gasteiger charge is -2.44. The molecule has 2 atom stereocenters. The van der Waals surface area contributed by atoms with Gasteiger partial charge in [0.1, 0.15) is 5.60 Å². The van der Waals surface area contributed by atoms with E-state index >= 15 is 0 Å². The maximum atomic E-state index is 13.1. The second-order valence-electron chi connectivity index (χ2n) is 9.25. The highest BCUT2D eigenvalue weighted by Gasteiger charge is 2.46. The lowest BCUT2D eigenvalue weighted by molar-refractivity contribution is -0.00331. The monoisotopic (exact) mass is 353 g/mol. The first-order chi connectivity index (χ1) is 12.4. The molecule has 3 nitrogen and oxygen atoms in total. The van der Waals surface area contributed by atoms with Crippen molar-refractivity contribution in [1.82, 2.24) is 4.90 Å². The van der Waals surface area contributed by atoms with Crippen LogP contribution in [0.2, 0.25) is 0 Å². The molecule has 3 heteroatoms. The van der Waals surface area contributed by atoms with Crippen LogP contribution in [-0.2, 0) is 11.2 Å². The minimum absolute atomic E-state index is 0.116. The maximum absolute atomic E-state index is 13.1. The molecule has 1 aromatic carbocycles. The summed E-state index contributed by atoms with van der Waals surface area (Å²) in [7, 11) is 0. The second kappa shape index (κ2) is 6.75. The SMILES string of the molecule is CC(C)(C)OC(=O)N1C(Cc2ccccc2)CC(=C2CC2)CC1C1CC1. The molecule has 2 aliphatic carbocycles. The van der Waals surface area contributed by atoms with Crippen molar-refractivity contribution in [3.05, 3.63) is 47.0 Å². The van der Waals surface area contributed by atoms with E-state index in [-0.39, 0.29) is 12.1 Å². The quantitative estimate of drug-likeness (QED) is 0.672. The Hall–Kier alpha value is -1.77. The van der Waals surface area contributed by atoms with Crippen LogP contribution in [0.1, 0.15) is 64.9 Å². The van der Waals surface area contributed by atoms with Crippen molar-refractivity contribution >= 4 is 6.09 Å². The van der Waals surface area contributed by atoms with Gasteiger partial charge in [-0.15, -0.1) is 0 Å². The number of ether oxygens (including phenoxy) is 1. The molecule has 1 heterocycles. The van der Waals surface area contributed by atoms with E-state index < -0.39 is 5.60 Å². The molecule has 0 N–H and O–H groups in total. The van der Waals surface area contributed by atoms with Gasteiger partial charge in [0.05, 0.1) is 0 Å². The molecule has 0 bridgehead atoms. The summed E-state index contributed by atoms with van der Waals surface area (Å²) in [5.41, 5.74) is 4.17. The summed E-state index contributed by atoms with van der Waals surface area (Å²) in [5, 5.41) is 0. The van der Waals surface area contributed by atoms with Crippen LogP contribution in [0, 0.1) is 5.92 Å². The number of rotatable bonds is 3. The summed E-state index contributed by atoms with van der Waals surface area (Å²) in [5.74, 6) is 0.662. The Balaban J connectivity index is 1.62. The van der Waals surface area contributed by atoms with Gasteiger partial charge in [0.25, 0.3) is 0 Å². The maximum Gasteiger partial charge on any atom is 0.410 e. The lowest BCUT2D eigenvalue weighted by atomic mass is 9.85. The number of benzene rings is 1. The molecule has 2 unspecified atom stereocenters. The molecule has 0 aromatic heterocycles. The molecule has 140 valence electrons. The fourth-order valence-corrected chi connectivity index (χ4v) is 4.32. The number of nitrogens with zero attached hydrogens (tertiary/aromatic N) is 1. The Labute approximate surface area is 157 Å². The molecule has 1 aliphatic heterocycles. The largest absolute Gasteiger partial charge is 0.444 e. The highest BCUT2D eigenvalue weighted by Crippen LogP contribution is 2.47. The predicted molar refractivity (Wildman–Crippen MR) is 104 cm³/mol. The fraction of sp³-hybridized carbons (Fsp3) is 0.609. The highest BCUT2D eigenvalue weighted by molar-refractivity contribution is 5.70. The first kappa shape index (κ1) is 17.6. The second-order valence-corrected chi connectivity index (χ2v) is 9.25.